The second-order valence-electron chi connectivity index (χ2n) is 6.46. The van der Waals surface area contributed by atoms with Gasteiger partial charge in [-0.1, -0.05) is 12.1 Å². The molecule has 0 aliphatic carbocycles. The number of nitrogens with zero attached hydrogens (tertiary/aromatic N) is 3. The highest BCUT2D eigenvalue weighted by Crippen LogP contribution is 2.26. The molecule has 0 unspecified atom stereocenters. The van der Waals surface area contributed by atoms with Crippen LogP contribution in [0.1, 0.15) is 23.9 Å². The molecule has 0 saturated carbocycles. The summed E-state index contributed by atoms with van der Waals surface area (Å²) in [5.74, 6) is 2.22. The Morgan fingerprint density at radius 2 is 2.04 bits per heavy atom. The molecule has 3 aromatic rings. The molecule has 0 radical (unpaired) electrons. The van der Waals surface area contributed by atoms with Crippen molar-refractivity contribution in [3.8, 4) is 0 Å². The first kappa shape index (κ1) is 17.7. The Kier molecular flexibility index (Phi) is 5.45. The van der Waals surface area contributed by atoms with Crippen LogP contribution in [-0.2, 0) is 11.2 Å². The molecule has 0 spiro atoms. The third-order valence-electron chi connectivity index (χ3n) is 4.47. The quantitative estimate of drug-likeness (QED) is 0.555. The molecule has 3 heterocycles. The molecule has 1 aromatic carbocycles. The SMILES string of the molecule is OCCNc1nc(NCCc2nc3ccccc3o2)cc([C@H]2CCOC2)n1. The summed E-state index contributed by atoms with van der Waals surface area (Å²) in [5.41, 5.74) is 2.62. The molecule has 8 nitrogen and oxygen atoms in total. The van der Waals surface area contributed by atoms with E-state index in [9.17, 15) is 0 Å². The molecule has 4 rings (SSSR count). The van der Waals surface area contributed by atoms with E-state index in [1.807, 2.05) is 30.3 Å². The van der Waals surface area contributed by atoms with E-state index in [4.69, 9.17) is 14.3 Å². The lowest BCUT2D eigenvalue weighted by Crippen LogP contribution is -2.14. The number of fused-ring (bicyclic) bond motifs is 1. The van der Waals surface area contributed by atoms with Crippen molar-refractivity contribution in [1.29, 1.82) is 0 Å². The predicted octanol–water partition coefficient (Wildman–Crippen LogP) is 2.18. The minimum absolute atomic E-state index is 0.0284. The van der Waals surface area contributed by atoms with Crippen LogP contribution in [0.25, 0.3) is 11.1 Å². The summed E-state index contributed by atoms with van der Waals surface area (Å²) < 4.78 is 11.2. The smallest absolute Gasteiger partial charge is 0.224 e. The second kappa shape index (κ2) is 8.32. The Morgan fingerprint density at radius 1 is 1.11 bits per heavy atom. The van der Waals surface area contributed by atoms with Crippen LogP contribution in [-0.4, -0.2) is 53.0 Å². The molecule has 1 atom stereocenters. The summed E-state index contributed by atoms with van der Waals surface area (Å²) in [7, 11) is 0. The number of para-hydroxylation sites is 2. The number of rotatable bonds is 8. The monoisotopic (exact) mass is 369 g/mol. The van der Waals surface area contributed by atoms with E-state index >= 15 is 0 Å². The Balaban J connectivity index is 1.43. The van der Waals surface area contributed by atoms with E-state index in [0.717, 1.165) is 35.6 Å². The third-order valence-corrected chi connectivity index (χ3v) is 4.47. The zero-order chi connectivity index (χ0) is 18.5. The molecule has 3 N–H and O–H groups in total. The van der Waals surface area contributed by atoms with Gasteiger partial charge in [-0.15, -0.1) is 0 Å². The van der Waals surface area contributed by atoms with Gasteiger partial charge in [-0.05, 0) is 18.6 Å². The van der Waals surface area contributed by atoms with Gasteiger partial charge in [0.1, 0.15) is 11.3 Å². The molecular weight excluding hydrogens is 346 g/mol. The van der Waals surface area contributed by atoms with Crippen LogP contribution < -0.4 is 10.6 Å². The number of hydrogen-bond donors (Lipinski definition) is 3. The molecule has 0 bridgehead atoms. The van der Waals surface area contributed by atoms with Crippen molar-refractivity contribution in [2.75, 3.05) is 43.5 Å². The average molecular weight is 369 g/mol. The fourth-order valence-corrected chi connectivity index (χ4v) is 3.10. The Morgan fingerprint density at radius 3 is 2.85 bits per heavy atom. The van der Waals surface area contributed by atoms with Gasteiger partial charge in [0.25, 0.3) is 0 Å². The van der Waals surface area contributed by atoms with Gasteiger partial charge in [-0.25, -0.2) is 9.97 Å². The molecule has 0 amide bonds. The molecule has 1 fully saturated rings. The normalized spacial score (nSPS) is 16.7. The maximum absolute atomic E-state index is 9.03. The fraction of sp³-hybridized carbons (Fsp3) is 0.421. The van der Waals surface area contributed by atoms with Crippen molar-refractivity contribution in [3.05, 3.63) is 41.9 Å². The van der Waals surface area contributed by atoms with Crippen molar-refractivity contribution < 1.29 is 14.3 Å². The van der Waals surface area contributed by atoms with Crippen molar-refractivity contribution >= 4 is 22.9 Å². The summed E-state index contributed by atoms with van der Waals surface area (Å²) in [5, 5.41) is 15.4. The van der Waals surface area contributed by atoms with E-state index < -0.39 is 0 Å². The number of anilines is 2. The highest BCUT2D eigenvalue weighted by molar-refractivity contribution is 5.72. The number of aromatic nitrogens is 3. The maximum atomic E-state index is 9.03. The third kappa shape index (κ3) is 4.35. The zero-order valence-corrected chi connectivity index (χ0v) is 15.0. The number of benzene rings is 1. The van der Waals surface area contributed by atoms with Crippen LogP contribution in [0.15, 0.2) is 34.7 Å². The molecule has 142 valence electrons. The highest BCUT2D eigenvalue weighted by Gasteiger charge is 2.20. The summed E-state index contributed by atoms with van der Waals surface area (Å²) >= 11 is 0. The first-order valence-corrected chi connectivity index (χ1v) is 9.21. The summed E-state index contributed by atoms with van der Waals surface area (Å²) in [4.78, 5) is 13.5. The molecule has 1 aliphatic rings. The fourth-order valence-electron chi connectivity index (χ4n) is 3.10. The number of ether oxygens (including phenoxy) is 1. The van der Waals surface area contributed by atoms with Crippen molar-refractivity contribution in [2.24, 2.45) is 0 Å². The average Bonchev–Trinajstić information content (AvgIpc) is 3.35. The van der Waals surface area contributed by atoms with E-state index in [0.29, 0.717) is 38.0 Å². The predicted molar refractivity (Wildman–Crippen MR) is 102 cm³/mol. The summed E-state index contributed by atoms with van der Waals surface area (Å²) in [6, 6.07) is 9.71. The lowest BCUT2D eigenvalue weighted by atomic mass is 10.0. The number of hydrogen-bond acceptors (Lipinski definition) is 8. The van der Waals surface area contributed by atoms with E-state index in [2.05, 4.69) is 25.6 Å². The van der Waals surface area contributed by atoms with Crippen molar-refractivity contribution in [1.82, 2.24) is 15.0 Å². The van der Waals surface area contributed by atoms with Crippen LogP contribution in [0.2, 0.25) is 0 Å². The Labute approximate surface area is 157 Å². The van der Waals surface area contributed by atoms with E-state index in [-0.39, 0.29) is 12.5 Å². The number of aliphatic hydroxyl groups excluding tert-OH is 1. The number of nitrogens with one attached hydrogen (secondary N) is 2. The minimum Gasteiger partial charge on any atom is -0.441 e. The molecular formula is C19H23N5O3. The Bertz CT molecular complexity index is 859. The molecule has 2 aromatic heterocycles. The second-order valence-corrected chi connectivity index (χ2v) is 6.46. The van der Waals surface area contributed by atoms with Gasteiger partial charge in [-0.2, -0.15) is 4.98 Å². The van der Waals surface area contributed by atoms with Gasteiger partial charge in [0.05, 0.1) is 18.9 Å². The van der Waals surface area contributed by atoms with Gasteiger partial charge in [0.15, 0.2) is 11.5 Å². The topological polar surface area (TPSA) is 105 Å². The van der Waals surface area contributed by atoms with Gasteiger partial charge in [0, 0.05) is 38.1 Å². The lowest BCUT2D eigenvalue weighted by molar-refractivity contribution is 0.193. The Hall–Kier alpha value is -2.71. The molecule has 1 aliphatic heterocycles. The summed E-state index contributed by atoms with van der Waals surface area (Å²) in [6.07, 6.45) is 1.61. The number of oxazole rings is 1. The summed E-state index contributed by atoms with van der Waals surface area (Å²) in [6.45, 7) is 2.52. The van der Waals surface area contributed by atoms with Crippen molar-refractivity contribution in [2.45, 2.75) is 18.8 Å². The van der Waals surface area contributed by atoms with Crippen LogP contribution in [0.3, 0.4) is 0 Å². The minimum atomic E-state index is 0.0284. The first-order chi connectivity index (χ1) is 13.3. The maximum Gasteiger partial charge on any atom is 0.224 e. The molecule has 1 saturated heterocycles. The lowest BCUT2D eigenvalue weighted by Gasteiger charge is -2.13. The zero-order valence-electron chi connectivity index (χ0n) is 15.0. The molecule has 27 heavy (non-hydrogen) atoms. The van der Waals surface area contributed by atoms with E-state index in [1.165, 1.54) is 0 Å². The molecule has 8 heteroatoms. The number of aliphatic hydroxyl groups is 1. The van der Waals surface area contributed by atoms with Gasteiger partial charge >= 0.3 is 0 Å². The first-order valence-electron chi connectivity index (χ1n) is 9.21. The van der Waals surface area contributed by atoms with E-state index in [1.54, 1.807) is 0 Å². The van der Waals surface area contributed by atoms with Gasteiger partial charge < -0.3 is 24.9 Å². The van der Waals surface area contributed by atoms with Crippen LogP contribution in [0.5, 0.6) is 0 Å². The largest absolute Gasteiger partial charge is 0.441 e. The van der Waals surface area contributed by atoms with Crippen LogP contribution in [0, 0.1) is 0 Å². The van der Waals surface area contributed by atoms with Crippen LogP contribution in [0.4, 0.5) is 11.8 Å². The van der Waals surface area contributed by atoms with Crippen LogP contribution >= 0.6 is 0 Å². The van der Waals surface area contributed by atoms with Crippen molar-refractivity contribution in [3.63, 3.8) is 0 Å². The standard InChI is InChI=1S/C19H23N5O3/c25-9-8-21-19-23-15(13-6-10-26-12-13)11-17(24-19)20-7-5-18-22-14-3-1-2-4-16(14)27-18/h1-4,11,13,25H,5-10,12H2,(H2,20,21,23,24)/t13-/m0/s1. The van der Waals surface area contributed by atoms with Gasteiger partial charge in [0.2, 0.25) is 5.95 Å². The van der Waals surface area contributed by atoms with Gasteiger partial charge in [-0.3, -0.25) is 0 Å². The highest BCUT2D eigenvalue weighted by atomic mass is 16.5.